The van der Waals surface area contributed by atoms with Crippen LogP contribution in [-0.4, -0.2) is 44.9 Å². The van der Waals surface area contributed by atoms with Crippen molar-refractivity contribution in [2.24, 2.45) is 0 Å². The van der Waals surface area contributed by atoms with Crippen LogP contribution in [0.25, 0.3) is 0 Å². The molecule has 1 aliphatic rings. The quantitative estimate of drug-likeness (QED) is 0.841. The molecule has 1 aromatic rings. The number of morpholine rings is 1. The van der Waals surface area contributed by atoms with Crippen LogP contribution in [0.1, 0.15) is 20.3 Å². The number of carbonyl (C=O) groups is 1. The van der Waals surface area contributed by atoms with Crippen molar-refractivity contribution in [3.05, 3.63) is 24.3 Å². The van der Waals surface area contributed by atoms with Crippen LogP contribution < -0.4 is 15.0 Å². The molecule has 1 amide bonds. The van der Waals surface area contributed by atoms with Crippen molar-refractivity contribution >= 4 is 11.6 Å². The zero-order valence-corrected chi connectivity index (χ0v) is 13.0. The van der Waals surface area contributed by atoms with Crippen LogP contribution >= 0.6 is 0 Å². The van der Waals surface area contributed by atoms with E-state index in [2.05, 4.69) is 19.2 Å². The van der Waals surface area contributed by atoms with Gasteiger partial charge in [0.1, 0.15) is 31.0 Å². The Morgan fingerprint density at radius 3 is 2.67 bits per heavy atom. The largest absolute Gasteiger partial charge is 0.495 e. The van der Waals surface area contributed by atoms with Gasteiger partial charge in [0, 0.05) is 0 Å². The minimum atomic E-state index is 0.0267. The first-order chi connectivity index (χ1) is 10.1. The number of quaternary nitrogens is 1. The summed E-state index contributed by atoms with van der Waals surface area (Å²) in [5.41, 5.74) is 0.726. The average Bonchev–Trinajstić information content (AvgIpc) is 2.45. The van der Waals surface area contributed by atoms with Crippen LogP contribution in [0.15, 0.2) is 24.3 Å². The third-order valence-electron chi connectivity index (χ3n) is 3.70. The summed E-state index contributed by atoms with van der Waals surface area (Å²) in [6, 6.07) is 7.46. The van der Waals surface area contributed by atoms with Crippen molar-refractivity contribution in [1.82, 2.24) is 0 Å². The van der Waals surface area contributed by atoms with Crippen LogP contribution in [0.3, 0.4) is 0 Å². The highest BCUT2D eigenvalue weighted by Crippen LogP contribution is 2.22. The fourth-order valence-electron chi connectivity index (χ4n) is 2.84. The lowest BCUT2D eigenvalue weighted by atomic mass is 10.2. The molecular formula is C16H25N2O3+. The molecular weight excluding hydrogens is 268 g/mol. The second kappa shape index (κ2) is 7.43. The lowest BCUT2D eigenvalue weighted by Crippen LogP contribution is -3.15. The second-order valence-corrected chi connectivity index (χ2v) is 5.66. The third kappa shape index (κ3) is 4.72. The van der Waals surface area contributed by atoms with Gasteiger partial charge in [0.2, 0.25) is 5.91 Å². The number of hydrogen-bond donors (Lipinski definition) is 2. The van der Waals surface area contributed by atoms with Crippen LogP contribution in [0, 0.1) is 0 Å². The number of amides is 1. The maximum atomic E-state index is 12.1. The maximum absolute atomic E-state index is 12.1. The van der Waals surface area contributed by atoms with E-state index in [1.54, 1.807) is 7.11 Å². The standard InChI is InChI=1S/C16H24N2O3/c1-12-10-18(11-13(2)21-12)9-8-16(19)17-14-6-4-5-7-15(14)20-3/h4-7,12-13H,8-11H2,1-3H3,(H,17,19)/p+1/t12-,13-/m0/s1. The Kier molecular flexibility index (Phi) is 5.59. The summed E-state index contributed by atoms with van der Waals surface area (Å²) in [7, 11) is 1.60. The first-order valence-corrected chi connectivity index (χ1v) is 7.50. The minimum absolute atomic E-state index is 0.0267. The number of nitrogens with one attached hydrogen (secondary N) is 2. The molecule has 5 nitrogen and oxygen atoms in total. The number of rotatable bonds is 5. The van der Waals surface area contributed by atoms with Gasteiger partial charge in [-0.05, 0) is 26.0 Å². The van der Waals surface area contributed by atoms with Crippen molar-refractivity contribution in [1.29, 1.82) is 0 Å². The number of hydrogen-bond acceptors (Lipinski definition) is 3. The van der Waals surface area contributed by atoms with E-state index < -0.39 is 0 Å². The molecule has 0 saturated carbocycles. The van der Waals surface area contributed by atoms with E-state index >= 15 is 0 Å². The first kappa shape index (κ1) is 15.8. The molecule has 2 atom stereocenters. The molecule has 1 aromatic carbocycles. The number of methoxy groups -OCH3 is 1. The van der Waals surface area contributed by atoms with Gasteiger partial charge in [-0.1, -0.05) is 12.1 Å². The lowest BCUT2D eigenvalue weighted by Gasteiger charge is -2.32. The van der Waals surface area contributed by atoms with Crippen molar-refractivity contribution in [2.45, 2.75) is 32.5 Å². The number of anilines is 1. The molecule has 0 bridgehead atoms. The van der Waals surface area contributed by atoms with Crippen molar-refractivity contribution in [3.8, 4) is 5.75 Å². The van der Waals surface area contributed by atoms with Gasteiger partial charge in [0.15, 0.2) is 0 Å². The summed E-state index contributed by atoms with van der Waals surface area (Å²) >= 11 is 0. The van der Waals surface area contributed by atoms with Crippen molar-refractivity contribution in [3.63, 3.8) is 0 Å². The molecule has 1 aliphatic heterocycles. The monoisotopic (exact) mass is 293 g/mol. The molecule has 1 saturated heterocycles. The molecule has 116 valence electrons. The van der Waals surface area contributed by atoms with E-state index in [0.717, 1.165) is 25.3 Å². The Morgan fingerprint density at radius 1 is 1.33 bits per heavy atom. The molecule has 5 heteroatoms. The van der Waals surface area contributed by atoms with Crippen molar-refractivity contribution < 1.29 is 19.2 Å². The number of para-hydroxylation sites is 2. The van der Waals surface area contributed by atoms with E-state index in [-0.39, 0.29) is 18.1 Å². The van der Waals surface area contributed by atoms with Gasteiger partial charge in [0.25, 0.3) is 0 Å². The second-order valence-electron chi connectivity index (χ2n) is 5.66. The minimum Gasteiger partial charge on any atom is -0.495 e. The topological polar surface area (TPSA) is 52.0 Å². The van der Waals surface area contributed by atoms with Crippen molar-refractivity contribution in [2.75, 3.05) is 32.1 Å². The highest BCUT2D eigenvalue weighted by atomic mass is 16.5. The molecule has 1 fully saturated rings. The van der Waals surface area contributed by atoms with Crippen LogP contribution in [-0.2, 0) is 9.53 Å². The SMILES string of the molecule is COc1ccccc1NC(=O)CC[NH+]1C[C@H](C)O[C@@H](C)C1. The van der Waals surface area contributed by atoms with Crippen LogP contribution in [0.4, 0.5) is 5.69 Å². The fourth-order valence-corrected chi connectivity index (χ4v) is 2.84. The van der Waals surface area contributed by atoms with E-state index in [1.165, 1.54) is 4.90 Å². The first-order valence-electron chi connectivity index (χ1n) is 7.50. The summed E-state index contributed by atoms with van der Waals surface area (Å²) in [6.45, 7) is 6.94. The molecule has 2 rings (SSSR count). The Hall–Kier alpha value is -1.59. The summed E-state index contributed by atoms with van der Waals surface area (Å²) in [6.07, 6.45) is 1.04. The van der Waals surface area contributed by atoms with Gasteiger partial charge in [-0.25, -0.2) is 0 Å². The molecule has 21 heavy (non-hydrogen) atoms. The normalized spacial score (nSPS) is 25.4. The molecule has 0 aromatic heterocycles. The van der Waals surface area contributed by atoms with Gasteiger partial charge in [-0.3, -0.25) is 4.79 Å². The van der Waals surface area contributed by atoms with Gasteiger partial charge in [-0.2, -0.15) is 0 Å². The summed E-state index contributed by atoms with van der Waals surface area (Å²) in [5, 5.41) is 2.91. The smallest absolute Gasteiger partial charge is 0.230 e. The van der Waals surface area contributed by atoms with E-state index in [9.17, 15) is 4.79 Å². The number of ether oxygens (including phenoxy) is 2. The molecule has 0 aliphatic carbocycles. The zero-order valence-electron chi connectivity index (χ0n) is 13.0. The average molecular weight is 293 g/mol. The molecule has 2 N–H and O–H groups in total. The Labute approximate surface area is 126 Å². The van der Waals surface area contributed by atoms with E-state index in [4.69, 9.17) is 9.47 Å². The molecule has 0 radical (unpaired) electrons. The summed E-state index contributed by atoms with van der Waals surface area (Å²) in [4.78, 5) is 13.5. The lowest BCUT2D eigenvalue weighted by molar-refractivity contribution is -0.914. The van der Waals surface area contributed by atoms with Gasteiger partial charge >= 0.3 is 0 Å². The van der Waals surface area contributed by atoms with Crippen LogP contribution in [0.2, 0.25) is 0 Å². The Morgan fingerprint density at radius 2 is 2.00 bits per heavy atom. The third-order valence-corrected chi connectivity index (χ3v) is 3.70. The maximum Gasteiger partial charge on any atom is 0.230 e. The fraction of sp³-hybridized carbons (Fsp3) is 0.562. The Bertz CT molecular complexity index is 468. The zero-order chi connectivity index (χ0) is 15.2. The number of carbonyl (C=O) groups excluding carboxylic acids is 1. The molecule has 0 spiro atoms. The Balaban J connectivity index is 1.82. The van der Waals surface area contributed by atoms with Gasteiger partial charge < -0.3 is 19.7 Å². The van der Waals surface area contributed by atoms with Gasteiger partial charge in [0.05, 0.1) is 25.8 Å². The summed E-state index contributed by atoms with van der Waals surface area (Å²) in [5.74, 6) is 0.714. The predicted octanol–water partition coefficient (Wildman–Crippen LogP) is 0.716. The molecule has 0 unspecified atom stereocenters. The predicted molar refractivity (Wildman–Crippen MR) is 81.8 cm³/mol. The van der Waals surface area contributed by atoms with E-state index in [1.807, 2.05) is 24.3 Å². The number of benzene rings is 1. The highest BCUT2D eigenvalue weighted by Gasteiger charge is 2.25. The molecule has 1 heterocycles. The van der Waals surface area contributed by atoms with Crippen LogP contribution in [0.5, 0.6) is 5.75 Å². The van der Waals surface area contributed by atoms with E-state index in [0.29, 0.717) is 12.2 Å². The summed E-state index contributed by atoms with van der Waals surface area (Å²) < 4.78 is 10.9. The highest BCUT2D eigenvalue weighted by molar-refractivity contribution is 5.92. The van der Waals surface area contributed by atoms with Gasteiger partial charge in [-0.15, -0.1) is 0 Å².